The third-order valence-electron chi connectivity index (χ3n) is 5.77. The number of ether oxygens (including phenoxy) is 1. The highest BCUT2D eigenvalue weighted by Crippen LogP contribution is 2.44. The number of allylic oxidation sites excluding steroid dienone is 2. The highest BCUT2D eigenvalue weighted by Gasteiger charge is 2.42. The highest BCUT2D eigenvalue weighted by atomic mass is 16.6. The fourth-order valence-electron chi connectivity index (χ4n) is 3.93. The largest absolute Gasteiger partial charge is 0.414 e. The summed E-state index contributed by atoms with van der Waals surface area (Å²) in [6.45, 7) is 6.41. The number of rotatable bonds is 9. The molecule has 0 spiro atoms. The molecule has 0 radical (unpaired) electrons. The predicted molar refractivity (Wildman–Crippen MR) is 128 cm³/mol. The van der Waals surface area contributed by atoms with Gasteiger partial charge in [-0.15, -0.1) is 0 Å². The molecule has 0 fully saturated rings. The van der Waals surface area contributed by atoms with E-state index >= 15 is 0 Å². The van der Waals surface area contributed by atoms with Crippen LogP contribution >= 0.6 is 0 Å². The second kappa shape index (κ2) is 11.1. The van der Waals surface area contributed by atoms with Crippen LogP contribution in [0.3, 0.4) is 0 Å². The third kappa shape index (κ3) is 5.96. The first-order chi connectivity index (χ1) is 14.7. The van der Waals surface area contributed by atoms with Crippen molar-refractivity contribution in [1.29, 1.82) is 0 Å². The summed E-state index contributed by atoms with van der Waals surface area (Å²) in [7, 11) is 5.86. The molecule has 0 bridgehead atoms. The zero-order valence-corrected chi connectivity index (χ0v) is 19.7. The SMILES string of the molecule is C/C=C(\OC(=O)N(C)CC(C)N)C(C[C@@H](C)N(C)C)(c1ccccc1)c1ccccc1. The Labute approximate surface area is 187 Å². The Hall–Kier alpha value is -2.63. The van der Waals surface area contributed by atoms with Crippen molar-refractivity contribution < 1.29 is 9.53 Å². The summed E-state index contributed by atoms with van der Waals surface area (Å²) in [5.74, 6) is 0.625. The molecule has 31 heavy (non-hydrogen) atoms. The van der Waals surface area contributed by atoms with Crippen molar-refractivity contribution in [3.8, 4) is 0 Å². The lowest BCUT2D eigenvalue weighted by Crippen LogP contribution is -2.42. The van der Waals surface area contributed by atoms with Gasteiger partial charge < -0.3 is 20.3 Å². The van der Waals surface area contributed by atoms with Gasteiger partial charge in [0.25, 0.3) is 0 Å². The van der Waals surface area contributed by atoms with E-state index < -0.39 is 11.5 Å². The molecule has 2 atom stereocenters. The normalized spacial score (nSPS) is 14.3. The number of nitrogens with zero attached hydrogens (tertiary/aromatic N) is 2. The fourth-order valence-corrected chi connectivity index (χ4v) is 3.93. The molecule has 5 nitrogen and oxygen atoms in total. The van der Waals surface area contributed by atoms with Gasteiger partial charge in [0.1, 0.15) is 5.76 Å². The first-order valence-corrected chi connectivity index (χ1v) is 10.8. The maximum Gasteiger partial charge on any atom is 0.414 e. The number of likely N-dealkylation sites (N-methyl/N-ethyl adjacent to an activating group) is 1. The molecule has 0 aromatic heterocycles. The highest BCUT2D eigenvalue weighted by molar-refractivity contribution is 5.69. The molecule has 0 saturated heterocycles. The molecule has 2 N–H and O–H groups in total. The lowest BCUT2D eigenvalue weighted by Gasteiger charge is -2.40. The zero-order chi connectivity index (χ0) is 23.0. The van der Waals surface area contributed by atoms with Crippen LogP contribution in [0, 0.1) is 0 Å². The van der Waals surface area contributed by atoms with E-state index in [-0.39, 0.29) is 12.1 Å². The smallest absolute Gasteiger partial charge is 0.414 e. The molecule has 0 aliphatic rings. The second-order valence-electron chi connectivity index (χ2n) is 8.53. The quantitative estimate of drug-likeness (QED) is 0.597. The molecule has 0 aliphatic carbocycles. The van der Waals surface area contributed by atoms with E-state index in [0.717, 1.165) is 17.5 Å². The van der Waals surface area contributed by atoms with Crippen LogP contribution in [0.1, 0.15) is 38.3 Å². The summed E-state index contributed by atoms with van der Waals surface area (Å²) in [5, 5.41) is 0. The molecule has 1 unspecified atom stereocenters. The Balaban J connectivity index is 2.64. The van der Waals surface area contributed by atoms with Crippen molar-refractivity contribution in [3.05, 3.63) is 83.6 Å². The molecule has 2 rings (SSSR count). The van der Waals surface area contributed by atoms with Gasteiger partial charge in [-0.25, -0.2) is 4.79 Å². The summed E-state index contributed by atoms with van der Waals surface area (Å²) in [5.41, 5.74) is 7.45. The summed E-state index contributed by atoms with van der Waals surface area (Å²) < 4.78 is 6.09. The average Bonchev–Trinajstić information content (AvgIpc) is 2.76. The summed E-state index contributed by atoms with van der Waals surface area (Å²) in [6, 6.07) is 20.7. The average molecular weight is 424 g/mol. The molecular weight excluding hydrogens is 386 g/mol. The van der Waals surface area contributed by atoms with Crippen molar-refractivity contribution in [2.24, 2.45) is 5.73 Å². The fraction of sp³-hybridized carbons (Fsp3) is 0.423. The lowest BCUT2D eigenvalue weighted by atomic mass is 9.68. The Morgan fingerprint density at radius 3 is 1.87 bits per heavy atom. The van der Waals surface area contributed by atoms with Crippen molar-refractivity contribution in [1.82, 2.24) is 9.80 Å². The third-order valence-corrected chi connectivity index (χ3v) is 5.77. The Morgan fingerprint density at radius 2 is 1.48 bits per heavy atom. The molecular formula is C26H37N3O2. The topological polar surface area (TPSA) is 58.8 Å². The monoisotopic (exact) mass is 423 g/mol. The van der Waals surface area contributed by atoms with E-state index in [2.05, 4.69) is 50.2 Å². The van der Waals surface area contributed by atoms with Crippen LogP contribution < -0.4 is 5.73 Å². The van der Waals surface area contributed by atoms with E-state index in [1.807, 2.05) is 56.3 Å². The van der Waals surface area contributed by atoms with Crippen LogP contribution in [-0.2, 0) is 10.2 Å². The van der Waals surface area contributed by atoms with Crippen LogP contribution in [-0.4, -0.2) is 55.7 Å². The number of hydrogen-bond acceptors (Lipinski definition) is 4. The van der Waals surface area contributed by atoms with Crippen molar-refractivity contribution in [3.63, 3.8) is 0 Å². The van der Waals surface area contributed by atoms with Gasteiger partial charge in [-0.3, -0.25) is 0 Å². The van der Waals surface area contributed by atoms with Gasteiger partial charge in [0.2, 0.25) is 0 Å². The van der Waals surface area contributed by atoms with E-state index in [9.17, 15) is 4.79 Å². The van der Waals surface area contributed by atoms with Crippen molar-refractivity contribution in [2.45, 2.75) is 44.7 Å². The van der Waals surface area contributed by atoms with Crippen molar-refractivity contribution in [2.75, 3.05) is 27.7 Å². The van der Waals surface area contributed by atoms with Gasteiger partial charge in [0.05, 0.1) is 5.41 Å². The van der Waals surface area contributed by atoms with Crippen LogP contribution in [0.15, 0.2) is 72.5 Å². The first-order valence-electron chi connectivity index (χ1n) is 10.8. The molecule has 168 valence electrons. The van der Waals surface area contributed by atoms with Gasteiger partial charge in [0.15, 0.2) is 0 Å². The lowest BCUT2D eigenvalue weighted by molar-refractivity contribution is 0.120. The number of carbonyl (C=O) groups is 1. The van der Waals surface area contributed by atoms with E-state index in [1.165, 1.54) is 4.90 Å². The van der Waals surface area contributed by atoms with E-state index in [4.69, 9.17) is 10.5 Å². The van der Waals surface area contributed by atoms with E-state index in [0.29, 0.717) is 12.3 Å². The molecule has 1 amide bonds. The predicted octanol–water partition coefficient (Wildman–Crippen LogP) is 4.63. The van der Waals surface area contributed by atoms with Gasteiger partial charge in [0, 0.05) is 25.7 Å². The van der Waals surface area contributed by atoms with Crippen LogP contribution in [0.2, 0.25) is 0 Å². The minimum Gasteiger partial charge on any atom is -0.414 e. The zero-order valence-electron chi connectivity index (χ0n) is 19.7. The van der Waals surface area contributed by atoms with E-state index in [1.54, 1.807) is 7.05 Å². The Kier molecular flexibility index (Phi) is 8.84. The Morgan fingerprint density at radius 1 is 1.00 bits per heavy atom. The minimum atomic E-state index is -0.619. The minimum absolute atomic E-state index is 0.131. The molecule has 0 heterocycles. The molecule has 2 aromatic rings. The summed E-state index contributed by atoms with van der Waals surface area (Å²) >= 11 is 0. The molecule has 0 aliphatic heterocycles. The second-order valence-corrected chi connectivity index (χ2v) is 8.53. The van der Waals surface area contributed by atoms with Crippen LogP contribution in [0.25, 0.3) is 0 Å². The van der Waals surface area contributed by atoms with Crippen LogP contribution in [0.4, 0.5) is 4.79 Å². The number of nitrogens with two attached hydrogens (primary N) is 1. The van der Waals surface area contributed by atoms with Gasteiger partial charge in [-0.1, -0.05) is 60.7 Å². The summed E-state index contributed by atoms with van der Waals surface area (Å²) in [4.78, 5) is 16.7. The maximum atomic E-state index is 13.0. The maximum absolute atomic E-state index is 13.0. The number of hydrogen-bond donors (Lipinski definition) is 1. The number of carbonyl (C=O) groups excluding carboxylic acids is 1. The van der Waals surface area contributed by atoms with Gasteiger partial charge in [-0.2, -0.15) is 0 Å². The first kappa shape index (κ1) is 24.6. The number of benzene rings is 2. The van der Waals surface area contributed by atoms with Crippen LogP contribution in [0.5, 0.6) is 0 Å². The summed E-state index contributed by atoms with van der Waals surface area (Å²) in [6.07, 6.45) is 2.26. The molecule has 5 heteroatoms. The van der Waals surface area contributed by atoms with Crippen molar-refractivity contribution >= 4 is 6.09 Å². The Bertz CT molecular complexity index is 808. The molecule has 2 aromatic carbocycles. The molecule has 0 saturated carbocycles. The van der Waals surface area contributed by atoms with Gasteiger partial charge in [-0.05, 0) is 58.5 Å². The van der Waals surface area contributed by atoms with Gasteiger partial charge >= 0.3 is 6.09 Å². The standard InChI is InChI=1S/C26H37N3O2/c1-7-24(31-25(30)29(6)19-20(2)27)26(18-21(3)28(4)5,22-14-10-8-11-15-22)23-16-12-9-13-17-23/h7-17,20-21H,18-19,27H2,1-6H3/b24-7-/t20?,21-/m1/s1. The number of amides is 1.